The summed E-state index contributed by atoms with van der Waals surface area (Å²) >= 11 is 6.15. The van der Waals surface area contributed by atoms with Gasteiger partial charge in [-0.25, -0.2) is 9.18 Å². The van der Waals surface area contributed by atoms with Gasteiger partial charge in [0.25, 0.3) is 0 Å². The number of nitrogens with zero attached hydrogens (tertiary/aromatic N) is 1. The molecule has 0 aliphatic heterocycles. The van der Waals surface area contributed by atoms with Gasteiger partial charge in [-0.2, -0.15) is 0 Å². The number of likely N-dealkylation sites (N-methyl/N-ethyl adjacent to an activating group) is 1. The van der Waals surface area contributed by atoms with E-state index in [4.69, 9.17) is 11.6 Å². The van der Waals surface area contributed by atoms with Gasteiger partial charge in [-0.05, 0) is 49.3 Å². The Bertz CT molecular complexity index is 602. The Morgan fingerprint density at radius 1 is 1.52 bits per heavy atom. The molecule has 2 saturated carbocycles. The van der Waals surface area contributed by atoms with Crippen LogP contribution in [0.3, 0.4) is 0 Å². The number of aliphatic hydroxyl groups is 1. The SMILES string of the molecule is CN(CC(O)C1CC1)C(=O)NCC1(c2ccc(F)cc2Cl)CC1. The summed E-state index contributed by atoms with van der Waals surface area (Å²) in [6, 6.07) is 4.23. The molecule has 2 fully saturated rings. The average Bonchev–Trinajstić information content (AvgIpc) is 3.37. The van der Waals surface area contributed by atoms with E-state index in [2.05, 4.69) is 5.32 Å². The van der Waals surface area contributed by atoms with Crippen LogP contribution in [0.1, 0.15) is 31.2 Å². The molecule has 0 bridgehead atoms. The summed E-state index contributed by atoms with van der Waals surface area (Å²) in [6.07, 6.45) is 3.50. The van der Waals surface area contributed by atoms with Crippen LogP contribution in [-0.4, -0.2) is 42.3 Å². The number of hydrogen-bond acceptors (Lipinski definition) is 2. The van der Waals surface area contributed by atoms with Crippen molar-refractivity contribution in [3.05, 3.63) is 34.6 Å². The van der Waals surface area contributed by atoms with Gasteiger partial charge in [0.2, 0.25) is 0 Å². The van der Waals surface area contributed by atoms with Gasteiger partial charge in [0.15, 0.2) is 0 Å². The Morgan fingerprint density at radius 3 is 2.78 bits per heavy atom. The molecular formula is C17H22ClFN2O2. The van der Waals surface area contributed by atoms with Crippen LogP contribution < -0.4 is 5.32 Å². The third kappa shape index (κ3) is 3.78. The number of rotatable bonds is 6. The number of halogens is 2. The highest BCUT2D eigenvalue weighted by atomic mass is 35.5. The highest BCUT2D eigenvalue weighted by molar-refractivity contribution is 6.31. The summed E-state index contributed by atoms with van der Waals surface area (Å²) in [5.41, 5.74) is 0.706. The molecule has 2 aliphatic rings. The number of carbonyl (C=O) groups is 1. The first-order chi connectivity index (χ1) is 10.9. The Kier molecular flexibility index (Phi) is 4.52. The minimum absolute atomic E-state index is 0.184. The molecule has 0 spiro atoms. The minimum atomic E-state index is -0.438. The van der Waals surface area contributed by atoms with Gasteiger partial charge in [0.1, 0.15) is 5.82 Å². The maximum atomic E-state index is 13.2. The van der Waals surface area contributed by atoms with E-state index < -0.39 is 6.10 Å². The Labute approximate surface area is 140 Å². The van der Waals surface area contributed by atoms with Crippen LogP contribution in [-0.2, 0) is 5.41 Å². The molecule has 2 N–H and O–H groups in total. The number of carbonyl (C=O) groups excluding carboxylic acids is 1. The largest absolute Gasteiger partial charge is 0.391 e. The van der Waals surface area contributed by atoms with Crippen molar-refractivity contribution in [1.82, 2.24) is 10.2 Å². The van der Waals surface area contributed by atoms with Crippen LogP contribution >= 0.6 is 11.6 Å². The molecule has 1 aromatic rings. The highest BCUT2D eigenvalue weighted by Crippen LogP contribution is 2.50. The van der Waals surface area contributed by atoms with Crippen molar-refractivity contribution >= 4 is 17.6 Å². The molecule has 2 aliphatic carbocycles. The van der Waals surface area contributed by atoms with Crippen molar-refractivity contribution < 1.29 is 14.3 Å². The number of nitrogens with one attached hydrogen (secondary N) is 1. The lowest BCUT2D eigenvalue weighted by Gasteiger charge is -2.24. The molecule has 23 heavy (non-hydrogen) atoms. The maximum Gasteiger partial charge on any atom is 0.317 e. The van der Waals surface area contributed by atoms with E-state index in [1.807, 2.05) is 0 Å². The third-order valence-corrected chi connectivity index (χ3v) is 5.22. The molecule has 4 nitrogen and oxygen atoms in total. The van der Waals surface area contributed by atoms with Crippen molar-refractivity contribution in [3.63, 3.8) is 0 Å². The second-order valence-corrected chi connectivity index (χ2v) is 7.26. The first-order valence-corrected chi connectivity index (χ1v) is 8.42. The van der Waals surface area contributed by atoms with Crippen molar-refractivity contribution in [3.8, 4) is 0 Å². The van der Waals surface area contributed by atoms with Crippen LogP contribution in [0.5, 0.6) is 0 Å². The van der Waals surface area contributed by atoms with Crippen molar-refractivity contribution in [2.24, 2.45) is 5.92 Å². The fourth-order valence-corrected chi connectivity index (χ4v) is 3.35. The summed E-state index contributed by atoms with van der Waals surface area (Å²) in [5, 5.41) is 13.2. The fraction of sp³-hybridized carbons (Fsp3) is 0.588. The van der Waals surface area contributed by atoms with Gasteiger partial charge >= 0.3 is 6.03 Å². The van der Waals surface area contributed by atoms with Crippen LogP contribution in [0, 0.1) is 11.7 Å². The van der Waals surface area contributed by atoms with E-state index in [1.54, 1.807) is 13.1 Å². The van der Waals surface area contributed by atoms with E-state index in [1.165, 1.54) is 17.0 Å². The molecule has 0 radical (unpaired) electrons. The first-order valence-electron chi connectivity index (χ1n) is 8.04. The zero-order valence-electron chi connectivity index (χ0n) is 13.2. The van der Waals surface area contributed by atoms with Gasteiger partial charge in [-0.15, -0.1) is 0 Å². The normalized spacial score (nSPS) is 20.0. The summed E-state index contributed by atoms with van der Waals surface area (Å²) in [7, 11) is 1.69. The van der Waals surface area contributed by atoms with Gasteiger partial charge in [-0.3, -0.25) is 0 Å². The lowest BCUT2D eigenvalue weighted by molar-refractivity contribution is 0.113. The molecule has 6 heteroatoms. The van der Waals surface area contributed by atoms with E-state index in [0.29, 0.717) is 24.0 Å². The molecule has 0 heterocycles. The Hall–Kier alpha value is -1.33. The molecule has 0 saturated heterocycles. The number of amides is 2. The lowest BCUT2D eigenvalue weighted by atomic mass is 9.96. The van der Waals surface area contributed by atoms with Crippen molar-refractivity contribution in [1.29, 1.82) is 0 Å². The third-order valence-electron chi connectivity index (χ3n) is 4.91. The molecule has 0 aromatic heterocycles. The zero-order valence-corrected chi connectivity index (χ0v) is 13.9. The quantitative estimate of drug-likeness (QED) is 0.836. The number of hydrogen-bond donors (Lipinski definition) is 2. The van der Waals surface area contributed by atoms with E-state index in [9.17, 15) is 14.3 Å². The Morgan fingerprint density at radius 2 is 2.22 bits per heavy atom. The first kappa shape index (κ1) is 16.5. The summed E-state index contributed by atoms with van der Waals surface area (Å²) in [4.78, 5) is 13.7. The molecule has 126 valence electrons. The minimum Gasteiger partial charge on any atom is -0.391 e. The van der Waals surface area contributed by atoms with Crippen LogP contribution in [0.15, 0.2) is 18.2 Å². The predicted octanol–water partition coefficient (Wildman–Crippen LogP) is 2.92. The molecule has 2 amide bonds. The van der Waals surface area contributed by atoms with Gasteiger partial charge in [0, 0.05) is 30.6 Å². The maximum absolute atomic E-state index is 13.2. The molecule has 1 unspecified atom stereocenters. The van der Waals surface area contributed by atoms with E-state index >= 15 is 0 Å². The topological polar surface area (TPSA) is 52.6 Å². The summed E-state index contributed by atoms with van der Waals surface area (Å²) in [6.45, 7) is 0.821. The fourth-order valence-electron chi connectivity index (χ4n) is 2.99. The van der Waals surface area contributed by atoms with Crippen molar-refractivity contribution in [2.75, 3.05) is 20.1 Å². The van der Waals surface area contributed by atoms with Gasteiger partial charge in [-0.1, -0.05) is 17.7 Å². The number of aliphatic hydroxyl groups excluding tert-OH is 1. The van der Waals surface area contributed by atoms with E-state index in [-0.39, 0.29) is 17.3 Å². The van der Waals surface area contributed by atoms with Crippen LogP contribution in [0.25, 0.3) is 0 Å². The van der Waals surface area contributed by atoms with Crippen molar-refractivity contribution in [2.45, 2.75) is 37.2 Å². The molecule has 1 atom stereocenters. The van der Waals surface area contributed by atoms with E-state index in [0.717, 1.165) is 31.2 Å². The number of benzene rings is 1. The average molecular weight is 341 g/mol. The highest BCUT2D eigenvalue weighted by Gasteiger charge is 2.46. The standard InChI is InChI=1S/C17H22ClFN2O2/c1-21(9-15(22)11-2-3-11)16(23)20-10-17(6-7-17)13-5-4-12(19)8-14(13)18/h4-5,8,11,15,22H,2-3,6-7,9-10H2,1H3,(H,20,23). The van der Waals surface area contributed by atoms with Gasteiger partial charge < -0.3 is 15.3 Å². The second-order valence-electron chi connectivity index (χ2n) is 6.85. The van der Waals surface area contributed by atoms with Gasteiger partial charge in [0.05, 0.1) is 6.10 Å². The predicted molar refractivity (Wildman–Crippen MR) is 87.1 cm³/mol. The second kappa shape index (κ2) is 6.29. The molecular weight excluding hydrogens is 319 g/mol. The summed E-state index contributed by atoms with van der Waals surface area (Å²) < 4.78 is 13.2. The monoisotopic (exact) mass is 340 g/mol. The molecule has 1 aromatic carbocycles. The molecule has 3 rings (SSSR count). The smallest absolute Gasteiger partial charge is 0.317 e. The Balaban J connectivity index is 1.55. The number of urea groups is 1. The summed E-state index contributed by atoms with van der Waals surface area (Å²) in [5.74, 6) is -0.00886. The van der Waals surface area contributed by atoms with Crippen LogP contribution in [0.2, 0.25) is 5.02 Å². The lowest BCUT2D eigenvalue weighted by Crippen LogP contribution is -2.44. The van der Waals surface area contributed by atoms with Crippen LogP contribution in [0.4, 0.5) is 9.18 Å². The zero-order chi connectivity index (χ0) is 16.6.